The minimum Gasteiger partial charge on any atom is -0.461 e. The van der Waals surface area contributed by atoms with E-state index in [-0.39, 0.29) is 18.2 Å². The number of esters is 1. The monoisotopic (exact) mass is 446 g/mol. The molecule has 0 saturated carbocycles. The second-order valence-corrected chi connectivity index (χ2v) is 7.94. The van der Waals surface area contributed by atoms with Gasteiger partial charge in [-0.2, -0.15) is 0 Å². The number of aromatic nitrogens is 1. The van der Waals surface area contributed by atoms with E-state index in [0.29, 0.717) is 22.6 Å². The quantitative estimate of drug-likeness (QED) is 0.271. The van der Waals surface area contributed by atoms with E-state index in [2.05, 4.69) is 11.6 Å². The first kappa shape index (κ1) is 21.4. The normalized spacial score (nSPS) is 11.7. The number of pyridine rings is 1. The van der Waals surface area contributed by atoms with Crippen molar-refractivity contribution in [3.63, 3.8) is 0 Å². The summed E-state index contributed by atoms with van der Waals surface area (Å²) in [6.07, 6.45) is 0.456. The summed E-state index contributed by atoms with van der Waals surface area (Å²) in [5.74, 6) is 0.917. The number of hydrogen-bond acceptors (Lipinski definition) is 7. The van der Waals surface area contributed by atoms with Crippen LogP contribution in [0.15, 0.2) is 83.1 Å². The predicted octanol–water partition coefficient (Wildman–Crippen LogP) is 5.81. The maximum atomic E-state index is 12.8. The lowest BCUT2D eigenvalue weighted by Gasteiger charge is -2.20. The standard InChI is InChI=1S/C25H22N2O4S/c1-3-13-29-25(28)23(17-8-5-4-6-9-17)31-24-22(26)18(20-12-11-16(2)30-20)15-19(27-24)21-10-7-14-32-21/h3-12,14-15,23H,1,13,26H2,2H3. The number of furan rings is 1. The van der Waals surface area contributed by atoms with Gasteiger partial charge in [-0.1, -0.05) is 49.1 Å². The molecule has 32 heavy (non-hydrogen) atoms. The van der Waals surface area contributed by atoms with Crippen LogP contribution >= 0.6 is 11.3 Å². The highest BCUT2D eigenvalue weighted by atomic mass is 32.1. The fourth-order valence-electron chi connectivity index (χ4n) is 3.16. The molecule has 0 aliphatic rings. The van der Waals surface area contributed by atoms with Gasteiger partial charge in [-0.3, -0.25) is 0 Å². The third kappa shape index (κ3) is 4.58. The number of benzene rings is 1. The highest BCUT2D eigenvalue weighted by Gasteiger charge is 2.27. The van der Waals surface area contributed by atoms with Gasteiger partial charge in [0.2, 0.25) is 12.0 Å². The molecule has 0 amide bonds. The Bertz CT molecular complexity index is 1220. The summed E-state index contributed by atoms with van der Waals surface area (Å²) < 4.78 is 17.2. The Morgan fingerprint density at radius 3 is 2.69 bits per heavy atom. The molecule has 0 fully saturated rings. The van der Waals surface area contributed by atoms with E-state index in [9.17, 15) is 4.79 Å². The molecule has 4 aromatic rings. The highest BCUT2D eigenvalue weighted by Crippen LogP contribution is 2.39. The molecule has 7 heteroatoms. The number of nitrogens with zero attached hydrogens (tertiary/aromatic N) is 1. The Hall–Kier alpha value is -3.84. The van der Waals surface area contributed by atoms with Gasteiger partial charge in [-0.15, -0.1) is 11.3 Å². The van der Waals surface area contributed by atoms with Crippen molar-refractivity contribution in [1.29, 1.82) is 0 Å². The molecule has 6 nitrogen and oxygen atoms in total. The van der Waals surface area contributed by atoms with Crippen LogP contribution in [0.2, 0.25) is 0 Å². The van der Waals surface area contributed by atoms with Crippen LogP contribution in [0.1, 0.15) is 17.4 Å². The number of rotatable bonds is 8. The number of carbonyl (C=O) groups is 1. The summed E-state index contributed by atoms with van der Waals surface area (Å²) in [5.41, 5.74) is 8.66. The van der Waals surface area contributed by atoms with Crippen LogP contribution in [0.5, 0.6) is 5.88 Å². The highest BCUT2D eigenvalue weighted by molar-refractivity contribution is 7.13. The van der Waals surface area contributed by atoms with Crippen LogP contribution in [0.25, 0.3) is 21.9 Å². The van der Waals surface area contributed by atoms with Gasteiger partial charge in [-0.05, 0) is 36.6 Å². The maximum Gasteiger partial charge on any atom is 0.352 e. The third-order valence-electron chi connectivity index (χ3n) is 4.69. The Morgan fingerprint density at radius 1 is 1.22 bits per heavy atom. The van der Waals surface area contributed by atoms with Gasteiger partial charge < -0.3 is 19.6 Å². The Labute approximate surface area is 189 Å². The number of nitrogen functional groups attached to an aromatic ring is 1. The van der Waals surface area contributed by atoms with Crippen molar-refractivity contribution in [2.45, 2.75) is 13.0 Å². The number of thiophene rings is 1. The summed E-state index contributed by atoms with van der Waals surface area (Å²) >= 11 is 1.54. The first-order chi connectivity index (χ1) is 15.6. The van der Waals surface area contributed by atoms with Crippen LogP contribution < -0.4 is 10.5 Å². The van der Waals surface area contributed by atoms with Crippen LogP contribution in [0.3, 0.4) is 0 Å². The number of nitrogens with two attached hydrogens (primary N) is 1. The SMILES string of the molecule is C=CCOC(=O)C(Oc1nc(-c2cccs2)cc(-c2ccc(C)o2)c1N)c1ccccc1. The average Bonchev–Trinajstić information content (AvgIpc) is 3.49. The summed E-state index contributed by atoms with van der Waals surface area (Å²) in [6.45, 7) is 5.52. The first-order valence-corrected chi connectivity index (χ1v) is 10.8. The largest absolute Gasteiger partial charge is 0.461 e. The molecule has 0 spiro atoms. The van der Waals surface area contributed by atoms with E-state index in [0.717, 1.165) is 10.6 Å². The van der Waals surface area contributed by atoms with Gasteiger partial charge >= 0.3 is 5.97 Å². The molecule has 2 N–H and O–H groups in total. The van der Waals surface area contributed by atoms with E-state index in [4.69, 9.17) is 19.6 Å². The number of anilines is 1. The summed E-state index contributed by atoms with van der Waals surface area (Å²) in [6, 6.07) is 18.5. The van der Waals surface area contributed by atoms with Crippen molar-refractivity contribution >= 4 is 23.0 Å². The third-order valence-corrected chi connectivity index (χ3v) is 5.58. The van der Waals surface area contributed by atoms with Crippen molar-refractivity contribution in [3.8, 4) is 27.8 Å². The lowest BCUT2D eigenvalue weighted by Crippen LogP contribution is -2.22. The molecular formula is C25H22N2O4S. The minimum absolute atomic E-state index is 0.0700. The lowest BCUT2D eigenvalue weighted by atomic mass is 10.1. The Balaban J connectivity index is 1.80. The van der Waals surface area contributed by atoms with E-state index >= 15 is 0 Å². The van der Waals surface area contributed by atoms with Crippen molar-refractivity contribution in [2.75, 3.05) is 12.3 Å². The van der Waals surface area contributed by atoms with Crippen molar-refractivity contribution < 1.29 is 18.7 Å². The van der Waals surface area contributed by atoms with Crippen LogP contribution in [0, 0.1) is 6.92 Å². The van der Waals surface area contributed by atoms with E-state index in [1.807, 2.05) is 60.8 Å². The number of aryl methyl sites for hydroxylation is 1. The van der Waals surface area contributed by atoms with E-state index < -0.39 is 12.1 Å². The fourth-order valence-corrected chi connectivity index (χ4v) is 3.85. The van der Waals surface area contributed by atoms with Gasteiger partial charge in [0.1, 0.15) is 23.8 Å². The number of ether oxygens (including phenoxy) is 2. The molecule has 1 atom stereocenters. The van der Waals surface area contributed by atoms with Crippen LogP contribution in [-0.2, 0) is 9.53 Å². The molecule has 3 aromatic heterocycles. The zero-order valence-corrected chi connectivity index (χ0v) is 18.3. The molecule has 0 aliphatic heterocycles. The van der Waals surface area contributed by atoms with Gasteiger partial charge in [0, 0.05) is 11.1 Å². The predicted molar refractivity (Wildman–Crippen MR) is 125 cm³/mol. The second kappa shape index (κ2) is 9.53. The van der Waals surface area contributed by atoms with E-state index in [1.165, 1.54) is 6.08 Å². The molecule has 0 bridgehead atoms. The van der Waals surface area contributed by atoms with Crippen molar-refractivity contribution in [2.24, 2.45) is 0 Å². The van der Waals surface area contributed by atoms with Gasteiger partial charge in [-0.25, -0.2) is 9.78 Å². The average molecular weight is 447 g/mol. The van der Waals surface area contributed by atoms with Crippen molar-refractivity contribution in [3.05, 3.63) is 90.0 Å². The lowest BCUT2D eigenvalue weighted by molar-refractivity contribution is -0.151. The maximum absolute atomic E-state index is 12.8. The van der Waals surface area contributed by atoms with Crippen LogP contribution in [-0.4, -0.2) is 17.6 Å². The zero-order valence-electron chi connectivity index (χ0n) is 17.5. The topological polar surface area (TPSA) is 87.6 Å². The fraction of sp³-hybridized carbons (Fsp3) is 0.120. The molecule has 3 heterocycles. The van der Waals surface area contributed by atoms with Gasteiger partial charge in [0.15, 0.2) is 0 Å². The van der Waals surface area contributed by atoms with Gasteiger partial charge in [0.05, 0.1) is 10.6 Å². The Kier molecular flexibility index (Phi) is 6.37. The summed E-state index contributed by atoms with van der Waals surface area (Å²) in [7, 11) is 0. The molecule has 0 aliphatic carbocycles. The molecule has 4 rings (SSSR count). The molecular weight excluding hydrogens is 424 g/mol. The molecule has 1 unspecified atom stereocenters. The second-order valence-electron chi connectivity index (χ2n) is 6.99. The Morgan fingerprint density at radius 2 is 2.03 bits per heavy atom. The summed E-state index contributed by atoms with van der Waals surface area (Å²) in [5, 5.41) is 1.96. The van der Waals surface area contributed by atoms with Crippen LogP contribution in [0.4, 0.5) is 5.69 Å². The molecule has 0 saturated heterocycles. The zero-order chi connectivity index (χ0) is 22.5. The first-order valence-electron chi connectivity index (χ1n) is 9.97. The number of carbonyl (C=O) groups excluding carboxylic acids is 1. The molecule has 0 radical (unpaired) electrons. The molecule has 1 aromatic carbocycles. The number of hydrogen-bond donors (Lipinski definition) is 1. The van der Waals surface area contributed by atoms with Crippen molar-refractivity contribution in [1.82, 2.24) is 4.98 Å². The van der Waals surface area contributed by atoms with Gasteiger partial charge in [0.25, 0.3) is 0 Å². The minimum atomic E-state index is -1.05. The molecule has 162 valence electrons. The van der Waals surface area contributed by atoms with E-state index in [1.54, 1.807) is 23.5 Å². The summed E-state index contributed by atoms with van der Waals surface area (Å²) in [4.78, 5) is 18.4. The smallest absolute Gasteiger partial charge is 0.352 e.